The molecule has 0 bridgehead atoms. The molecule has 0 saturated carbocycles. The summed E-state index contributed by atoms with van der Waals surface area (Å²) in [7, 11) is 1.85. The first-order valence-corrected chi connectivity index (χ1v) is 7.10. The van der Waals surface area contributed by atoms with Crippen LogP contribution < -0.4 is 4.90 Å². The van der Waals surface area contributed by atoms with E-state index in [1.54, 1.807) is 12.1 Å². The van der Waals surface area contributed by atoms with Crippen LogP contribution in [-0.4, -0.2) is 18.3 Å². The molecule has 5 heteroatoms. The average molecular weight is 292 g/mol. The Labute approximate surface area is 122 Å². The Hall–Kier alpha value is -1.75. The maximum absolute atomic E-state index is 13.0. The predicted octanol–water partition coefficient (Wildman–Crippen LogP) is 4.16. The lowest BCUT2D eigenvalue weighted by Gasteiger charge is -2.17. The van der Waals surface area contributed by atoms with Crippen LogP contribution in [0.15, 0.2) is 24.3 Å². The number of benzene rings is 1. The number of anilines is 2. The van der Waals surface area contributed by atoms with Gasteiger partial charge in [0.25, 0.3) is 0 Å². The van der Waals surface area contributed by atoms with Crippen molar-refractivity contribution in [2.24, 2.45) is 0 Å². The minimum Gasteiger partial charge on any atom is -0.321 e. The Balaban J connectivity index is 2.40. The minimum atomic E-state index is -0.273. The molecule has 20 heavy (non-hydrogen) atoms. The third-order valence-corrected chi connectivity index (χ3v) is 4.02. The summed E-state index contributed by atoms with van der Waals surface area (Å²) in [6, 6.07) is 6.19. The second kappa shape index (κ2) is 5.32. The zero-order valence-electron chi connectivity index (χ0n) is 12.0. The van der Waals surface area contributed by atoms with E-state index in [0.717, 1.165) is 22.8 Å². The Morgan fingerprint density at radius 2 is 1.85 bits per heavy atom. The van der Waals surface area contributed by atoms with E-state index < -0.39 is 0 Å². The number of carbonyl (C=O) groups is 1. The quantitative estimate of drug-likeness (QED) is 0.796. The summed E-state index contributed by atoms with van der Waals surface area (Å²) in [5.74, 6) is -0.273. The van der Waals surface area contributed by atoms with Crippen LogP contribution in [0.25, 0.3) is 0 Å². The van der Waals surface area contributed by atoms with Gasteiger partial charge in [-0.05, 0) is 24.3 Å². The Bertz CT molecular complexity index is 614. The monoisotopic (exact) mass is 292 g/mol. The van der Waals surface area contributed by atoms with Crippen LogP contribution in [0, 0.1) is 5.82 Å². The fraction of sp³-hybridized carbons (Fsp3) is 0.333. The molecule has 1 heterocycles. The van der Waals surface area contributed by atoms with E-state index >= 15 is 0 Å². The van der Waals surface area contributed by atoms with Crippen molar-refractivity contribution >= 4 is 28.4 Å². The normalized spacial score (nSPS) is 11.4. The number of halogens is 1. The molecule has 2 rings (SSSR count). The Morgan fingerprint density at radius 1 is 1.25 bits per heavy atom. The van der Waals surface area contributed by atoms with Crippen LogP contribution in [0.2, 0.25) is 0 Å². The summed E-state index contributed by atoms with van der Waals surface area (Å²) in [6.45, 7) is 6.07. The van der Waals surface area contributed by atoms with Crippen LogP contribution >= 0.6 is 11.3 Å². The van der Waals surface area contributed by atoms with E-state index in [1.807, 2.05) is 32.7 Å². The molecule has 0 spiro atoms. The van der Waals surface area contributed by atoms with Gasteiger partial charge in [-0.2, -0.15) is 0 Å². The van der Waals surface area contributed by atoms with Gasteiger partial charge < -0.3 is 4.90 Å². The zero-order chi connectivity index (χ0) is 14.9. The molecule has 1 aromatic carbocycles. The van der Waals surface area contributed by atoms with E-state index in [9.17, 15) is 9.18 Å². The molecule has 0 radical (unpaired) electrons. The Morgan fingerprint density at radius 3 is 2.30 bits per heavy atom. The molecule has 0 unspecified atom stereocenters. The lowest BCUT2D eigenvalue weighted by atomic mass is 9.91. The molecular formula is C15H17FN2OS. The highest BCUT2D eigenvalue weighted by atomic mass is 32.1. The molecule has 1 aromatic heterocycles. The topological polar surface area (TPSA) is 33.2 Å². The largest absolute Gasteiger partial charge is 0.321 e. The van der Waals surface area contributed by atoms with Gasteiger partial charge in [0.15, 0.2) is 11.4 Å². The van der Waals surface area contributed by atoms with Gasteiger partial charge in [-0.3, -0.25) is 4.79 Å². The summed E-state index contributed by atoms with van der Waals surface area (Å²) >= 11 is 1.35. The summed E-state index contributed by atoms with van der Waals surface area (Å²) in [5.41, 5.74) is 1.44. The third kappa shape index (κ3) is 2.88. The number of rotatable bonds is 3. The van der Waals surface area contributed by atoms with Crippen LogP contribution in [0.1, 0.15) is 36.1 Å². The number of hydrogen-bond donors (Lipinski definition) is 0. The number of hydrogen-bond acceptors (Lipinski definition) is 4. The molecule has 0 saturated heterocycles. The van der Waals surface area contributed by atoms with Crippen molar-refractivity contribution in [3.63, 3.8) is 0 Å². The van der Waals surface area contributed by atoms with Crippen LogP contribution in [-0.2, 0) is 5.41 Å². The van der Waals surface area contributed by atoms with Gasteiger partial charge in [-0.25, -0.2) is 9.37 Å². The summed E-state index contributed by atoms with van der Waals surface area (Å²) < 4.78 is 13.0. The lowest BCUT2D eigenvalue weighted by Crippen LogP contribution is -2.15. The summed E-state index contributed by atoms with van der Waals surface area (Å²) in [6.07, 6.45) is 0.847. The number of thiazole rings is 1. The molecule has 0 atom stereocenters. The molecule has 0 amide bonds. The highest BCUT2D eigenvalue weighted by Crippen LogP contribution is 2.34. The van der Waals surface area contributed by atoms with Gasteiger partial charge in [-0.1, -0.05) is 32.1 Å². The fourth-order valence-electron chi connectivity index (χ4n) is 1.86. The van der Waals surface area contributed by atoms with E-state index in [4.69, 9.17) is 0 Å². The highest BCUT2D eigenvalue weighted by molar-refractivity contribution is 7.17. The van der Waals surface area contributed by atoms with Crippen molar-refractivity contribution in [1.82, 2.24) is 4.98 Å². The molecule has 0 fully saturated rings. The van der Waals surface area contributed by atoms with E-state index in [1.165, 1.54) is 23.5 Å². The van der Waals surface area contributed by atoms with Crippen molar-refractivity contribution in [3.05, 3.63) is 40.7 Å². The number of aromatic nitrogens is 1. The lowest BCUT2D eigenvalue weighted by molar-refractivity contribution is 0.112. The number of aldehydes is 1. The molecular weight excluding hydrogens is 275 g/mol. The smallest absolute Gasteiger partial charge is 0.190 e. The first-order chi connectivity index (χ1) is 9.32. The molecule has 3 nitrogen and oxygen atoms in total. The minimum absolute atomic E-state index is 0.186. The maximum atomic E-state index is 13.0. The van der Waals surface area contributed by atoms with Crippen LogP contribution in [0.3, 0.4) is 0 Å². The fourth-order valence-corrected chi connectivity index (χ4v) is 2.93. The molecule has 0 aliphatic heterocycles. The molecule has 2 aromatic rings. The standard InChI is InChI=1S/C15H17FN2OS/c1-15(2,3)13-12(9-19)20-14(17-13)18(4)11-7-5-10(16)6-8-11/h5-9H,1-4H3. The van der Waals surface area contributed by atoms with Gasteiger partial charge in [0.1, 0.15) is 5.82 Å². The average Bonchev–Trinajstić information content (AvgIpc) is 2.83. The molecule has 0 aliphatic carbocycles. The first kappa shape index (κ1) is 14.7. The molecule has 106 valence electrons. The number of carbonyl (C=O) groups excluding carboxylic acids is 1. The van der Waals surface area contributed by atoms with Crippen molar-refractivity contribution in [1.29, 1.82) is 0 Å². The van der Waals surface area contributed by atoms with Gasteiger partial charge in [-0.15, -0.1) is 0 Å². The predicted molar refractivity (Wildman–Crippen MR) is 80.7 cm³/mol. The first-order valence-electron chi connectivity index (χ1n) is 6.28. The second-order valence-electron chi connectivity index (χ2n) is 5.61. The van der Waals surface area contributed by atoms with Gasteiger partial charge in [0.05, 0.1) is 10.6 Å². The third-order valence-electron chi connectivity index (χ3n) is 2.96. The summed E-state index contributed by atoms with van der Waals surface area (Å²) in [5, 5.41) is 0.726. The van der Waals surface area contributed by atoms with Crippen LogP contribution in [0.5, 0.6) is 0 Å². The SMILES string of the molecule is CN(c1ccc(F)cc1)c1nc(C(C)(C)C)c(C=O)s1. The van der Waals surface area contributed by atoms with E-state index in [-0.39, 0.29) is 11.2 Å². The van der Waals surface area contributed by atoms with Crippen molar-refractivity contribution < 1.29 is 9.18 Å². The van der Waals surface area contributed by atoms with Crippen LogP contribution in [0.4, 0.5) is 15.2 Å². The van der Waals surface area contributed by atoms with Crippen molar-refractivity contribution in [2.75, 3.05) is 11.9 Å². The zero-order valence-corrected chi connectivity index (χ0v) is 12.8. The Kier molecular flexibility index (Phi) is 3.90. The van der Waals surface area contributed by atoms with Gasteiger partial charge in [0.2, 0.25) is 0 Å². The van der Waals surface area contributed by atoms with Gasteiger partial charge >= 0.3 is 0 Å². The molecule has 0 N–H and O–H groups in total. The summed E-state index contributed by atoms with van der Waals surface area (Å²) in [4.78, 5) is 18.3. The molecule has 0 aliphatic rings. The van der Waals surface area contributed by atoms with Crippen molar-refractivity contribution in [2.45, 2.75) is 26.2 Å². The van der Waals surface area contributed by atoms with E-state index in [0.29, 0.717) is 4.88 Å². The highest BCUT2D eigenvalue weighted by Gasteiger charge is 2.24. The van der Waals surface area contributed by atoms with Gasteiger partial charge in [0, 0.05) is 18.2 Å². The van der Waals surface area contributed by atoms with Crippen molar-refractivity contribution in [3.8, 4) is 0 Å². The second-order valence-corrected chi connectivity index (χ2v) is 6.62. The number of nitrogens with zero attached hydrogens (tertiary/aromatic N) is 2. The van der Waals surface area contributed by atoms with E-state index in [2.05, 4.69) is 4.98 Å². The maximum Gasteiger partial charge on any atom is 0.190 e.